The van der Waals surface area contributed by atoms with E-state index in [-0.39, 0.29) is 6.10 Å². The van der Waals surface area contributed by atoms with Crippen LogP contribution in [0.2, 0.25) is 5.02 Å². The number of aryl methyl sites for hydroxylation is 1. The average molecular weight is 276 g/mol. The van der Waals surface area contributed by atoms with Gasteiger partial charge in [-0.1, -0.05) is 17.7 Å². The molecule has 0 spiro atoms. The summed E-state index contributed by atoms with van der Waals surface area (Å²) in [6.45, 7) is 0.419. The molecule has 3 rings (SSSR count). The van der Waals surface area contributed by atoms with Crippen molar-refractivity contribution >= 4 is 11.6 Å². The van der Waals surface area contributed by atoms with Gasteiger partial charge < -0.3 is 9.84 Å². The molecule has 0 fully saturated rings. The summed E-state index contributed by atoms with van der Waals surface area (Å²) in [5, 5.41) is 10.4. The minimum atomic E-state index is -0.321. The molecule has 0 radical (unpaired) electrons. The van der Waals surface area contributed by atoms with Gasteiger partial charge in [0.15, 0.2) is 0 Å². The third kappa shape index (κ3) is 2.57. The van der Waals surface area contributed by atoms with Gasteiger partial charge in [-0.15, -0.1) is 0 Å². The lowest BCUT2D eigenvalue weighted by molar-refractivity contribution is 0.180. The molecule has 0 saturated heterocycles. The summed E-state index contributed by atoms with van der Waals surface area (Å²) in [7, 11) is 0. The van der Waals surface area contributed by atoms with Crippen LogP contribution in [0.4, 0.5) is 0 Å². The molecule has 98 valence electrons. The first-order valence-corrected chi connectivity index (χ1v) is 6.64. The number of nitrogens with zero attached hydrogens (tertiary/aromatic N) is 1. The van der Waals surface area contributed by atoms with Crippen molar-refractivity contribution in [2.75, 3.05) is 0 Å². The highest BCUT2D eigenvalue weighted by atomic mass is 35.5. The Morgan fingerprint density at radius 2 is 2.26 bits per heavy atom. The van der Waals surface area contributed by atoms with Crippen molar-refractivity contribution in [3.8, 4) is 5.75 Å². The molecular formula is C15H14ClNO2. The molecule has 0 saturated carbocycles. The number of aliphatic hydroxyl groups is 1. The van der Waals surface area contributed by atoms with Gasteiger partial charge in [0.1, 0.15) is 12.4 Å². The Morgan fingerprint density at radius 3 is 3.11 bits per heavy atom. The van der Waals surface area contributed by atoms with Crippen LogP contribution in [0.1, 0.15) is 29.2 Å². The molecule has 1 N–H and O–H groups in total. The van der Waals surface area contributed by atoms with Crippen LogP contribution in [0.3, 0.4) is 0 Å². The maximum absolute atomic E-state index is 9.75. The number of aliphatic hydroxyl groups excluding tert-OH is 1. The smallest absolute Gasteiger partial charge is 0.120 e. The molecule has 0 unspecified atom stereocenters. The largest absolute Gasteiger partial charge is 0.489 e. The highest BCUT2D eigenvalue weighted by Crippen LogP contribution is 2.33. The predicted molar refractivity (Wildman–Crippen MR) is 73.3 cm³/mol. The fourth-order valence-corrected chi connectivity index (χ4v) is 2.52. The SMILES string of the molecule is O[C@@H]1CCc2cc(OCc3ccncc3Cl)ccc21. The van der Waals surface area contributed by atoms with E-state index in [1.165, 1.54) is 5.56 Å². The van der Waals surface area contributed by atoms with E-state index in [9.17, 15) is 5.11 Å². The summed E-state index contributed by atoms with van der Waals surface area (Å²) in [4.78, 5) is 3.94. The van der Waals surface area contributed by atoms with Crippen LogP contribution in [0.5, 0.6) is 5.75 Å². The number of benzene rings is 1. The summed E-state index contributed by atoms with van der Waals surface area (Å²) in [5.41, 5.74) is 3.11. The Bertz CT molecular complexity index is 600. The molecule has 2 aromatic rings. The fraction of sp³-hybridized carbons (Fsp3) is 0.267. The Hall–Kier alpha value is -1.58. The number of rotatable bonds is 3. The minimum Gasteiger partial charge on any atom is -0.489 e. The molecular weight excluding hydrogens is 262 g/mol. The maximum atomic E-state index is 9.75. The van der Waals surface area contributed by atoms with Crippen LogP contribution in [0.25, 0.3) is 0 Å². The lowest BCUT2D eigenvalue weighted by atomic mass is 10.1. The zero-order valence-corrected chi connectivity index (χ0v) is 11.1. The lowest BCUT2D eigenvalue weighted by Crippen LogP contribution is -1.98. The summed E-state index contributed by atoms with van der Waals surface area (Å²) < 4.78 is 5.74. The van der Waals surface area contributed by atoms with Crippen molar-refractivity contribution in [3.05, 3.63) is 58.4 Å². The summed E-state index contributed by atoms with van der Waals surface area (Å²) in [6.07, 6.45) is 4.69. The van der Waals surface area contributed by atoms with E-state index in [2.05, 4.69) is 4.98 Å². The first kappa shape index (κ1) is 12.5. The van der Waals surface area contributed by atoms with Gasteiger partial charge in [-0.2, -0.15) is 0 Å². The predicted octanol–water partition coefficient (Wildman–Crippen LogP) is 3.29. The highest BCUT2D eigenvalue weighted by molar-refractivity contribution is 6.31. The molecule has 1 atom stereocenters. The molecule has 0 bridgehead atoms. The molecule has 1 aliphatic rings. The van der Waals surface area contributed by atoms with Crippen LogP contribution in [-0.2, 0) is 13.0 Å². The standard InChI is InChI=1S/C15H14ClNO2/c16-14-8-17-6-5-11(14)9-19-12-2-3-13-10(7-12)1-4-15(13)18/h2-3,5-8,15,18H,1,4,9H2/t15-/m1/s1. The quantitative estimate of drug-likeness (QED) is 0.935. The minimum absolute atomic E-state index is 0.321. The van der Waals surface area contributed by atoms with Gasteiger partial charge >= 0.3 is 0 Å². The third-order valence-corrected chi connectivity index (χ3v) is 3.75. The molecule has 19 heavy (non-hydrogen) atoms. The van der Waals surface area contributed by atoms with E-state index in [4.69, 9.17) is 16.3 Å². The Labute approximate surface area is 116 Å². The zero-order valence-electron chi connectivity index (χ0n) is 10.3. The number of halogens is 1. The van der Waals surface area contributed by atoms with Crippen molar-refractivity contribution in [2.24, 2.45) is 0 Å². The van der Waals surface area contributed by atoms with Gasteiger partial charge in [0.25, 0.3) is 0 Å². The van der Waals surface area contributed by atoms with Gasteiger partial charge in [-0.25, -0.2) is 0 Å². The number of pyridine rings is 1. The van der Waals surface area contributed by atoms with E-state index in [1.54, 1.807) is 12.4 Å². The zero-order chi connectivity index (χ0) is 13.2. The van der Waals surface area contributed by atoms with E-state index >= 15 is 0 Å². The molecule has 0 aliphatic heterocycles. The number of aromatic nitrogens is 1. The highest BCUT2D eigenvalue weighted by Gasteiger charge is 2.20. The molecule has 1 aromatic carbocycles. The molecule has 1 heterocycles. The Balaban J connectivity index is 1.73. The molecule has 1 aromatic heterocycles. The Morgan fingerprint density at radius 1 is 1.37 bits per heavy atom. The van der Waals surface area contributed by atoms with Gasteiger partial charge in [-0.3, -0.25) is 4.98 Å². The van der Waals surface area contributed by atoms with E-state index in [0.29, 0.717) is 11.6 Å². The second-order valence-corrected chi connectivity index (χ2v) is 5.08. The molecule has 1 aliphatic carbocycles. The monoisotopic (exact) mass is 275 g/mol. The second-order valence-electron chi connectivity index (χ2n) is 4.67. The number of hydrogen-bond acceptors (Lipinski definition) is 3. The van der Waals surface area contributed by atoms with Crippen LogP contribution in [0.15, 0.2) is 36.7 Å². The van der Waals surface area contributed by atoms with E-state index in [0.717, 1.165) is 29.7 Å². The van der Waals surface area contributed by atoms with Crippen LogP contribution in [0, 0.1) is 0 Å². The summed E-state index contributed by atoms with van der Waals surface area (Å²) in [5.74, 6) is 0.806. The number of hydrogen-bond donors (Lipinski definition) is 1. The van der Waals surface area contributed by atoms with Crippen molar-refractivity contribution in [2.45, 2.75) is 25.6 Å². The Kier molecular flexibility index (Phi) is 3.40. The first-order chi connectivity index (χ1) is 9.24. The normalized spacial score (nSPS) is 17.3. The summed E-state index contributed by atoms with van der Waals surface area (Å²) >= 11 is 6.03. The lowest BCUT2D eigenvalue weighted by Gasteiger charge is -2.09. The number of ether oxygens (including phenoxy) is 1. The van der Waals surface area contributed by atoms with Crippen molar-refractivity contribution < 1.29 is 9.84 Å². The van der Waals surface area contributed by atoms with E-state index in [1.807, 2.05) is 24.3 Å². The van der Waals surface area contributed by atoms with Crippen LogP contribution in [-0.4, -0.2) is 10.1 Å². The molecule has 3 nitrogen and oxygen atoms in total. The molecule has 0 amide bonds. The maximum Gasteiger partial charge on any atom is 0.120 e. The van der Waals surface area contributed by atoms with Crippen molar-refractivity contribution in [1.82, 2.24) is 4.98 Å². The van der Waals surface area contributed by atoms with Gasteiger partial charge in [0, 0.05) is 18.0 Å². The van der Waals surface area contributed by atoms with Crippen LogP contribution >= 0.6 is 11.6 Å². The third-order valence-electron chi connectivity index (χ3n) is 3.41. The number of fused-ring (bicyclic) bond motifs is 1. The second kappa shape index (κ2) is 5.19. The van der Waals surface area contributed by atoms with E-state index < -0.39 is 0 Å². The first-order valence-electron chi connectivity index (χ1n) is 6.26. The van der Waals surface area contributed by atoms with Crippen molar-refractivity contribution in [1.29, 1.82) is 0 Å². The van der Waals surface area contributed by atoms with Crippen LogP contribution < -0.4 is 4.74 Å². The van der Waals surface area contributed by atoms with Gasteiger partial charge in [0.2, 0.25) is 0 Å². The van der Waals surface area contributed by atoms with Gasteiger partial charge in [-0.05, 0) is 42.2 Å². The topological polar surface area (TPSA) is 42.4 Å². The molecule has 4 heteroatoms. The average Bonchev–Trinajstić information content (AvgIpc) is 2.79. The van der Waals surface area contributed by atoms with Gasteiger partial charge in [0.05, 0.1) is 11.1 Å². The fourth-order valence-electron chi connectivity index (χ4n) is 2.34. The van der Waals surface area contributed by atoms with Crippen molar-refractivity contribution in [3.63, 3.8) is 0 Å². The summed E-state index contributed by atoms with van der Waals surface area (Å²) in [6, 6.07) is 7.68.